The number of amides is 1. The van der Waals surface area contributed by atoms with Gasteiger partial charge in [-0.1, -0.05) is 5.16 Å². The van der Waals surface area contributed by atoms with Gasteiger partial charge in [0.05, 0.1) is 12.1 Å². The summed E-state index contributed by atoms with van der Waals surface area (Å²) < 4.78 is 5.07. The van der Waals surface area contributed by atoms with E-state index in [0.29, 0.717) is 11.6 Å². The molecule has 1 aliphatic heterocycles. The number of hydrogen-bond donors (Lipinski definition) is 1. The van der Waals surface area contributed by atoms with Gasteiger partial charge in [-0.15, -0.1) is 0 Å². The second kappa shape index (κ2) is 6.13. The summed E-state index contributed by atoms with van der Waals surface area (Å²) in [6.07, 6.45) is 4.07. The molecule has 2 aromatic rings. The van der Waals surface area contributed by atoms with E-state index in [2.05, 4.69) is 25.3 Å². The second-order valence-electron chi connectivity index (χ2n) is 5.48. The van der Waals surface area contributed by atoms with Gasteiger partial charge >= 0.3 is 0 Å². The number of carbonyl (C=O) groups is 1. The fraction of sp³-hybridized carbons (Fsp3) is 0.467. The molecule has 2 aromatic heterocycles. The number of rotatable bonds is 4. The SMILES string of the molecule is Cc1noc(C)c1CC(=O)Nc1cc(N2CCCC2)ncn1. The first-order valence-electron chi connectivity index (χ1n) is 7.42. The Morgan fingerprint density at radius 1 is 1.32 bits per heavy atom. The molecule has 0 bridgehead atoms. The van der Waals surface area contributed by atoms with Crippen LogP contribution in [0.2, 0.25) is 0 Å². The molecule has 0 aliphatic carbocycles. The molecule has 1 saturated heterocycles. The summed E-state index contributed by atoms with van der Waals surface area (Å²) in [5, 5.41) is 6.67. The van der Waals surface area contributed by atoms with Crippen molar-refractivity contribution in [1.82, 2.24) is 15.1 Å². The van der Waals surface area contributed by atoms with Gasteiger partial charge in [-0.2, -0.15) is 0 Å². The summed E-state index contributed by atoms with van der Waals surface area (Å²) in [7, 11) is 0. The second-order valence-corrected chi connectivity index (χ2v) is 5.48. The molecule has 1 N–H and O–H groups in total. The Morgan fingerprint density at radius 2 is 2.09 bits per heavy atom. The number of hydrogen-bond acceptors (Lipinski definition) is 6. The molecule has 1 amide bonds. The Kier molecular flexibility index (Phi) is 4.04. The first-order valence-corrected chi connectivity index (χ1v) is 7.42. The van der Waals surface area contributed by atoms with E-state index >= 15 is 0 Å². The molecule has 0 radical (unpaired) electrons. The highest BCUT2D eigenvalue weighted by molar-refractivity contribution is 5.91. The standard InChI is InChI=1S/C15H19N5O2/c1-10-12(11(2)22-19-10)7-15(21)18-13-8-14(17-9-16-13)20-5-3-4-6-20/h8-9H,3-7H2,1-2H3,(H,16,17,18,21). The van der Waals surface area contributed by atoms with Gasteiger partial charge in [0.15, 0.2) is 0 Å². The van der Waals surface area contributed by atoms with Crippen LogP contribution in [0.15, 0.2) is 16.9 Å². The van der Waals surface area contributed by atoms with Crippen molar-refractivity contribution in [1.29, 1.82) is 0 Å². The number of carbonyl (C=O) groups excluding carboxylic acids is 1. The smallest absolute Gasteiger partial charge is 0.230 e. The maximum absolute atomic E-state index is 12.2. The van der Waals surface area contributed by atoms with Gasteiger partial charge in [0.2, 0.25) is 5.91 Å². The lowest BCUT2D eigenvalue weighted by atomic mass is 10.1. The Morgan fingerprint density at radius 3 is 2.77 bits per heavy atom. The maximum Gasteiger partial charge on any atom is 0.230 e. The molecule has 0 atom stereocenters. The number of aromatic nitrogens is 3. The van der Waals surface area contributed by atoms with Crippen LogP contribution in [-0.2, 0) is 11.2 Å². The average Bonchev–Trinajstić information content (AvgIpc) is 3.13. The quantitative estimate of drug-likeness (QED) is 0.928. The Hall–Kier alpha value is -2.44. The van der Waals surface area contributed by atoms with Crippen LogP contribution in [0.4, 0.5) is 11.6 Å². The third-order valence-corrected chi connectivity index (χ3v) is 3.87. The predicted molar refractivity (Wildman–Crippen MR) is 81.8 cm³/mol. The fourth-order valence-corrected chi connectivity index (χ4v) is 2.64. The Bertz CT molecular complexity index is 657. The zero-order chi connectivity index (χ0) is 15.5. The van der Waals surface area contributed by atoms with Gasteiger partial charge in [0, 0.05) is 24.7 Å². The predicted octanol–water partition coefficient (Wildman–Crippen LogP) is 1.86. The van der Waals surface area contributed by atoms with E-state index in [1.807, 2.05) is 13.0 Å². The monoisotopic (exact) mass is 301 g/mol. The minimum atomic E-state index is -0.138. The molecule has 0 unspecified atom stereocenters. The Balaban J connectivity index is 1.67. The van der Waals surface area contributed by atoms with Crippen molar-refractivity contribution < 1.29 is 9.32 Å². The molecule has 116 valence electrons. The van der Waals surface area contributed by atoms with Crippen molar-refractivity contribution in [2.24, 2.45) is 0 Å². The van der Waals surface area contributed by atoms with E-state index in [1.54, 1.807) is 6.92 Å². The minimum Gasteiger partial charge on any atom is -0.361 e. The van der Waals surface area contributed by atoms with E-state index < -0.39 is 0 Å². The first-order chi connectivity index (χ1) is 10.6. The first kappa shape index (κ1) is 14.5. The topological polar surface area (TPSA) is 84.2 Å². The van der Waals surface area contributed by atoms with Crippen molar-refractivity contribution in [3.05, 3.63) is 29.4 Å². The highest BCUT2D eigenvalue weighted by Crippen LogP contribution is 2.19. The number of aryl methyl sites for hydroxylation is 2. The number of nitrogens with zero attached hydrogens (tertiary/aromatic N) is 4. The normalized spacial score (nSPS) is 14.4. The molecule has 22 heavy (non-hydrogen) atoms. The van der Waals surface area contributed by atoms with E-state index in [0.717, 1.165) is 30.2 Å². The fourth-order valence-electron chi connectivity index (χ4n) is 2.64. The van der Waals surface area contributed by atoms with Gasteiger partial charge in [-0.05, 0) is 26.7 Å². The largest absolute Gasteiger partial charge is 0.361 e. The number of anilines is 2. The van der Waals surface area contributed by atoms with Crippen molar-refractivity contribution >= 4 is 17.5 Å². The molecule has 7 nitrogen and oxygen atoms in total. The molecular formula is C15H19N5O2. The summed E-state index contributed by atoms with van der Waals surface area (Å²) in [4.78, 5) is 22.7. The van der Waals surface area contributed by atoms with E-state index in [-0.39, 0.29) is 12.3 Å². The van der Waals surface area contributed by atoms with Crippen molar-refractivity contribution in [3.63, 3.8) is 0 Å². The van der Waals surface area contributed by atoms with Crippen LogP contribution in [-0.4, -0.2) is 34.1 Å². The van der Waals surface area contributed by atoms with Crippen molar-refractivity contribution in [2.45, 2.75) is 33.1 Å². The molecule has 3 rings (SSSR count). The van der Waals surface area contributed by atoms with E-state index in [9.17, 15) is 4.79 Å². The summed E-state index contributed by atoms with van der Waals surface area (Å²) in [6, 6.07) is 1.82. The third kappa shape index (κ3) is 3.08. The highest BCUT2D eigenvalue weighted by atomic mass is 16.5. The zero-order valence-electron chi connectivity index (χ0n) is 12.8. The number of nitrogens with one attached hydrogen (secondary N) is 1. The minimum absolute atomic E-state index is 0.138. The Labute approximate surface area is 128 Å². The van der Waals surface area contributed by atoms with Crippen LogP contribution in [0.3, 0.4) is 0 Å². The molecule has 0 saturated carbocycles. The summed E-state index contributed by atoms with van der Waals surface area (Å²) in [5.41, 5.74) is 1.57. The van der Waals surface area contributed by atoms with Crippen molar-refractivity contribution in [2.75, 3.05) is 23.3 Å². The zero-order valence-corrected chi connectivity index (χ0v) is 12.8. The molecule has 3 heterocycles. The van der Waals surface area contributed by atoms with Gasteiger partial charge in [0.25, 0.3) is 0 Å². The molecular weight excluding hydrogens is 282 g/mol. The van der Waals surface area contributed by atoms with Crippen LogP contribution >= 0.6 is 0 Å². The lowest BCUT2D eigenvalue weighted by Crippen LogP contribution is -2.20. The maximum atomic E-state index is 12.2. The molecule has 7 heteroatoms. The van der Waals surface area contributed by atoms with Crippen LogP contribution < -0.4 is 10.2 Å². The molecule has 1 aliphatic rings. The van der Waals surface area contributed by atoms with E-state index in [4.69, 9.17) is 4.52 Å². The van der Waals surface area contributed by atoms with Gasteiger partial charge in [-0.3, -0.25) is 4.79 Å². The average molecular weight is 301 g/mol. The molecule has 0 spiro atoms. The summed E-state index contributed by atoms with van der Waals surface area (Å²) >= 11 is 0. The van der Waals surface area contributed by atoms with Crippen LogP contribution in [0.25, 0.3) is 0 Å². The van der Waals surface area contributed by atoms with E-state index in [1.165, 1.54) is 19.2 Å². The van der Waals surface area contributed by atoms with Gasteiger partial charge in [-0.25, -0.2) is 9.97 Å². The third-order valence-electron chi connectivity index (χ3n) is 3.87. The van der Waals surface area contributed by atoms with Crippen molar-refractivity contribution in [3.8, 4) is 0 Å². The van der Waals surface area contributed by atoms with Crippen LogP contribution in [0, 0.1) is 13.8 Å². The summed E-state index contributed by atoms with van der Waals surface area (Å²) in [6.45, 7) is 5.64. The lowest BCUT2D eigenvalue weighted by Gasteiger charge is -2.16. The molecule has 0 aromatic carbocycles. The highest BCUT2D eigenvalue weighted by Gasteiger charge is 2.16. The van der Waals surface area contributed by atoms with Crippen LogP contribution in [0.1, 0.15) is 29.9 Å². The molecule has 1 fully saturated rings. The lowest BCUT2D eigenvalue weighted by molar-refractivity contribution is -0.115. The van der Waals surface area contributed by atoms with Gasteiger partial charge < -0.3 is 14.7 Å². The summed E-state index contributed by atoms with van der Waals surface area (Å²) in [5.74, 6) is 1.92. The van der Waals surface area contributed by atoms with Crippen LogP contribution in [0.5, 0.6) is 0 Å². The van der Waals surface area contributed by atoms with Gasteiger partial charge in [0.1, 0.15) is 23.7 Å².